The van der Waals surface area contributed by atoms with Crippen LogP contribution in [0.4, 0.5) is 17.3 Å². The lowest BCUT2D eigenvalue weighted by atomic mass is 10.0. The van der Waals surface area contributed by atoms with Crippen LogP contribution in [0.1, 0.15) is 26.2 Å². The van der Waals surface area contributed by atoms with Gasteiger partial charge in [0.05, 0.1) is 11.5 Å². The van der Waals surface area contributed by atoms with E-state index in [1.165, 1.54) is 6.07 Å². The summed E-state index contributed by atoms with van der Waals surface area (Å²) in [5, 5.41) is 17.3. The highest BCUT2D eigenvalue weighted by molar-refractivity contribution is 5.60. The summed E-state index contributed by atoms with van der Waals surface area (Å²) >= 11 is 0. The molecule has 1 aliphatic heterocycles. The Morgan fingerprint density at radius 2 is 2.33 bits per heavy atom. The van der Waals surface area contributed by atoms with Crippen molar-refractivity contribution in [3.05, 3.63) is 22.2 Å². The first-order chi connectivity index (χ1) is 10.2. The van der Waals surface area contributed by atoms with Crippen LogP contribution in [0.15, 0.2) is 12.1 Å². The zero-order chi connectivity index (χ0) is 15.1. The van der Waals surface area contributed by atoms with Crippen molar-refractivity contribution in [2.24, 2.45) is 5.92 Å². The molecule has 2 heterocycles. The van der Waals surface area contributed by atoms with Crippen LogP contribution < -0.4 is 10.6 Å². The van der Waals surface area contributed by atoms with Crippen molar-refractivity contribution in [3.8, 4) is 0 Å². The second-order valence-corrected chi connectivity index (χ2v) is 5.21. The Labute approximate surface area is 124 Å². The average Bonchev–Trinajstić information content (AvgIpc) is 2.51. The maximum Gasteiger partial charge on any atom is 0.311 e. The van der Waals surface area contributed by atoms with Gasteiger partial charge in [-0.25, -0.2) is 4.98 Å². The summed E-state index contributed by atoms with van der Waals surface area (Å²) in [6.07, 6.45) is 3.09. The summed E-state index contributed by atoms with van der Waals surface area (Å²) in [4.78, 5) is 15.0. The zero-order valence-electron chi connectivity index (χ0n) is 12.3. The third-order valence-electron chi connectivity index (χ3n) is 3.44. The molecule has 2 rings (SSSR count). The molecular weight excluding hydrogens is 272 g/mol. The van der Waals surface area contributed by atoms with Crippen LogP contribution in [0, 0.1) is 16.0 Å². The first kappa shape index (κ1) is 15.5. The van der Waals surface area contributed by atoms with Gasteiger partial charge in [0.15, 0.2) is 0 Å². The van der Waals surface area contributed by atoms with Crippen molar-refractivity contribution < 1.29 is 9.66 Å². The number of hydrogen-bond acceptors (Lipinski definition) is 6. The first-order valence-electron chi connectivity index (χ1n) is 7.41. The van der Waals surface area contributed by atoms with E-state index in [1.807, 2.05) is 0 Å². The molecule has 1 aromatic rings. The molecule has 21 heavy (non-hydrogen) atoms. The summed E-state index contributed by atoms with van der Waals surface area (Å²) < 4.78 is 5.42. The predicted molar refractivity (Wildman–Crippen MR) is 81.7 cm³/mol. The Morgan fingerprint density at radius 3 is 3.00 bits per heavy atom. The van der Waals surface area contributed by atoms with Gasteiger partial charge in [0, 0.05) is 25.8 Å². The molecule has 0 bridgehead atoms. The van der Waals surface area contributed by atoms with Crippen molar-refractivity contribution in [2.75, 3.05) is 36.9 Å². The van der Waals surface area contributed by atoms with Gasteiger partial charge >= 0.3 is 5.69 Å². The highest BCUT2D eigenvalue weighted by Crippen LogP contribution is 2.25. The Morgan fingerprint density at radius 1 is 1.48 bits per heavy atom. The Kier molecular flexibility index (Phi) is 5.74. The van der Waals surface area contributed by atoms with Crippen molar-refractivity contribution in [3.63, 3.8) is 0 Å². The lowest BCUT2D eigenvalue weighted by Crippen LogP contribution is -2.25. The van der Waals surface area contributed by atoms with Gasteiger partial charge in [-0.3, -0.25) is 10.1 Å². The SMILES string of the molecule is CCCNc1ccc([N+](=O)[O-])c(NCC2CCCOC2)n1. The van der Waals surface area contributed by atoms with Crippen molar-refractivity contribution in [2.45, 2.75) is 26.2 Å². The van der Waals surface area contributed by atoms with Gasteiger partial charge in [-0.1, -0.05) is 6.92 Å². The lowest BCUT2D eigenvalue weighted by Gasteiger charge is -2.22. The summed E-state index contributed by atoms with van der Waals surface area (Å²) in [6, 6.07) is 3.13. The summed E-state index contributed by atoms with van der Waals surface area (Å²) in [7, 11) is 0. The molecule has 0 spiro atoms. The topological polar surface area (TPSA) is 89.3 Å². The van der Waals surface area contributed by atoms with Gasteiger partial charge in [-0.05, 0) is 31.2 Å². The van der Waals surface area contributed by atoms with Crippen molar-refractivity contribution in [1.82, 2.24) is 4.98 Å². The summed E-state index contributed by atoms with van der Waals surface area (Å²) in [5.41, 5.74) is 0.00813. The Balaban J connectivity index is 2.04. The maximum absolute atomic E-state index is 11.1. The summed E-state index contributed by atoms with van der Waals surface area (Å²) in [6.45, 7) is 5.01. The number of nitrogens with zero attached hydrogens (tertiary/aromatic N) is 2. The van der Waals surface area contributed by atoms with Gasteiger partial charge in [-0.15, -0.1) is 0 Å². The summed E-state index contributed by atoms with van der Waals surface area (Å²) in [5.74, 6) is 1.36. The predicted octanol–water partition coefficient (Wildman–Crippen LogP) is 2.65. The third kappa shape index (κ3) is 4.56. The Hall–Kier alpha value is -1.89. The second kappa shape index (κ2) is 7.78. The van der Waals surface area contributed by atoms with Crippen LogP contribution in [0.25, 0.3) is 0 Å². The van der Waals surface area contributed by atoms with E-state index in [4.69, 9.17) is 4.74 Å². The molecule has 2 N–H and O–H groups in total. The molecule has 0 saturated carbocycles. The van der Waals surface area contributed by atoms with E-state index in [0.717, 1.165) is 32.4 Å². The lowest BCUT2D eigenvalue weighted by molar-refractivity contribution is -0.384. The minimum absolute atomic E-state index is 0.00813. The average molecular weight is 294 g/mol. The number of rotatable bonds is 7. The first-order valence-corrected chi connectivity index (χ1v) is 7.41. The molecule has 1 atom stereocenters. The number of nitro groups is 1. The third-order valence-corrected chi connectivity index (χ3v) is 3.44. The number of ether oxygens (including phenoxy) is 1. The van der Waals surface area contributed by atoms with E-state index in [0.29, 0.717) is 30.7 Å². The van der Waals surface area contributed by atoms with Gasteiger partial charge in [0.2, 0.25) is 5.82 Å². The van der Waals surface area contributed by atoms with Crippen LogP contribution in [0.2, 0.25) is 0 Å². The maximum atomic E-state index is 11.1. The molecule has 0 aromatic carbocycles. The number of nitrogens with one attached hydrogen (secondary N) is 2. The highest BCUT2D eigenvalue weighted by atomic mass is 16.6. The highest BCUT2D eigenvalue weighted by Gasteiger charge is 2.19. The molecule has 1 unspecified atom stereocenters. The standard InChI is InChI=1S/C14H22N4O3/c1-2-7-15-13-6-5-12(18(19)20)14(17-13)16-9-11-4-3-8-21-10-11/h5-6,11H,2-4,7-10H2,1H3,(H2,15,16,17). The van der Waals surface area contributed by atoms with Crippen molar-refractivity contribution >= 4 is 17.3 Å². The molecule has 0 radical (unpaired) electrons. The van der Waals surface area contributed by atoms with E-state index in [-0.39, 0.29) is 5.69 Å². The molecule has 1 fully saturated rings. The van der Waals surface area contributed by atoms with Crippen LogP contribution in [0.5, 0.6) is 0 Å². The number of pyridine rings is 1. The molecule has 7 nitrogen and oxygen atoms in total. The number of hydrogen-bond donors (Lipinski definition) is 2. The van der Waals surface area contributed by atoms with Gasteiger partial charge in [-0.2, -0.15) is 0 Å². The molecule has 0 amide bonds. The fourth-order valence-electron chi connectivity index (χ4n) is 2.29. The van der Waals surface area contributed by atoms with Crippen LogP contribution in [-0.4, -0.2) is 36.2 Å². The van der Waals surface area contributed by atoms with Crippen LogP contribution in [-0.2, 0) is 4.74 Å². The monoisotopic (exact) mass is 294 g/mol. The zero-order valence-corrected chi connectivity index (χ0v) is 12.3. The molecule has 7 heteroatoms. The Bertz CT molecular complexity index is 475. The van der Waals surface area contributed by atoms with E-state index >= 15 is 0 Å². The fourth-order valence-corrected chi connectivity index (χ4v) is 2.29. The smallest absolute Gasteiger partial charge is 0.311 e. The quantitative estimate of drug-likeness (QED) is 0.593. The molecule has 1 aliphatic rings. The molecule has 1 aromatic heterocycles. The van der Waals surface area contributed by atoms with E-state index in [9.17, 15) is 10.1 Å². The van der Waals surface area contributed by atoms with Crippen molar-refractivity contribution in [1.29, 1.82) is 0 Å². The van der Waals surface area contributed by atoms with Crippen LogP contribution in [0.3, 0.4) is 0 Å². The molecule has 116 valence electrons. The number of anilines is 2. The normalized spacial score (nSPS) is 18.2. The van der Waals surface area contributed by atoms with Gasteiger partial charge in [0.25, 0.3) is 0 Å². The largest absolute Gasteiger partial charge is 0.381 e. The minimum atomic E-state index is -0.406. The van der Waals surface area contributed by atoms with Gasteiger partial charge < -0.3 is 15.4 Å². The molecule has 1 saturated heterocycles. The second-order valence-electron chi connectivity index (χ2n) is 5.21. The minimum Gasteiger partial charge on any atom is -0.381 e. The van der Waals surface area contributed by atoms with E-state index < -0.39 is 4.92 Å². The van der Waals surface area contributed by atoms with E-state index in [1.54, 1.807) is 6.07 Å². The molecular formula is C14H22N4O3. The van der Waals surface area contributed by atoms with Crippen LogP contribution >= 0.6 is 0 Å². The number of aromatic nitrogens is 1. The van der Waals surface area contributed by atoms with E-state index in [2.05, 4.69) is 22.5 Å². The molecule has 0 aliphatic carbocycles. The van der Waals surface area contributed by atoms with Gasteiger partial charge in [0.1, 0.15) is 5.82 Å². The fraction of sp³-hybridized carbons (Fsp3) is 0.643.